The second kappa shape index (κ2) is 4.37. The molecule has 3 atom stereocenters. The molecule has 0 aromatic heterocycles. The number of nitrogens with zero attached hydrogens (tertiary/aromatic N) is 1. The summed E-state index contributed by atoms with van der Waals surface area (Å²) in [6.07, 6.45) is 8.06. The van der Waals surface area contributed by atoms with Crippen molar-refractivity contribution in [2.45, 2.75) is 38.5 Å². The molecule has 2 N–H and O–H groups in total. The fourth-order valence-electron chi connectivity index (χ4n) is 2.29. The molecule has 0 bridgehead atoms. The van der Waals surface area contributed by atoms with Gasteiger partial charge in [0.2, 0.25) is 0 Å². The molecule has 2 rings (SSSR count). The second-order valence-electron chi connectivity index (χ2n) is 4.56. The molecule has 0 spiro atoms. The average molecular weight is 208 g/mol. The van der Waals surface area contributed by atoms with Gasteiger partial charge in [0.1, 0.15) is 0 Å². The predicted octanol–water partition coefficient (Wildman–Crippen LogP) is 1.27. The van der Waals surface area contributed by atoms with Gasteiger partial charge in [0.15, 0.2) is 0 Å². The molecule has 0 aromatic carbocycles. The Balaban J connectivity index is 2.06. The molecule has 1 saturated heterocycles. The zero-order valence-corrected chi connectivity index (χ0v) is 9.52. The van der Waals surface area contributed by atoms with Gasteiger partial charge in [-0.15, -0.1) is 0 Å². The molecule has 1 heterocycles. The van der Waals surface area contributed by atoms with E-state index in [1.165, 1.54) is 5.70 Å². The van der Waals surface area contributed by atoms with Crippen LogP contribution in [0.4, 0.5) is 0 Å². The van der Waals surface area contributed by atoms with E-state index in [2.05, 4.69) is 37.0 Å². The van der Waals surface area contributed by atoms with Crippen LogP contribution in [0.5, 0.6) is 0 Å². The second-order valence-corrected chi connectivity index (χ2v) is 4.56. The van der Waals surface area contributed by atoms with Crippen LogP contribution >= 0.6 is 0 Å². The largest absolute Gasteiger partial charge is 0.372 e. The lowest BCUT2D eigenvalue weighted by Crippen LogP contribution is -2.45. The lowest BCUT2D eigenvalue weighted by Gasteiger charge is -2.38. The molecule has 0 aromatic rings. The molecular formula is C12H20N2O. The topological polar surface area (TPSA) is 38.5 Å². The smallest absolute Gasteiger partial charge is 0.0726 e. The highest BCUT2D eigenvalue weighted by atomic mass is 16.5. The molecule has 0 radical (unpaired) electrons. The van der Waals surface area contributed by atoms with E-state index in [0.717, 1.165) is 19.5 Å². The standard InChI is InChI=1S/C12H20N2O/c1-9-7-14(8-10(2)15-9)12-5-3-4-11(13)6-12/h3,5-6,9-11H,4,7-8,13H2,1-2H3. The third-order valence-corrected chi connectivity index (χ3v) is 2.87. The van der Waals surface area contributed by atoms with Crippen LogP contribution in [0.15, 0.2) is 23.9 Å². The molecule has 1 fully saturated rings. The molecular weight excluding hydrogens is 188 g/mol. The summed E-state index contributed by atoms with van der Waals surface area (Å²) in [7, 11) is 0. The van der Waals surface area contributed by atoms with Crippen LogP contribution in [-0.4, -0.2) is 36.2 Å². The number of hydrogen-bond donors (Lipinski definition) is 1. The van der Waals surface area contributed by atoms with E-state index in [-0.39, 0.29) is 6.04 Å². The maximum atomic E-state index is 5.92. The summed E-state index contributed by atoms with van der Waals surface area (Å²) >= 11 is 0. The van der Waals surface area contributed by atoms with Crippen LogP contribution in [0.25, 0.3) is 0 Å². The van der Waals surface area contributed by atoms with Crippen molar-refractivity contribution >= 4 is 0 Å². The Hall–Kier alpha value is -0.800. The Morgan fingerprint density at radius 2 is 2.00 bits per heavy atom. The fraction of sp³-hybridized carbons (Fsp3) is 0.667. The molecule has 1 aliphatic carbocycles. The third-order valence-electron chi connectivity index (χ3n) is 2.87. The number of morpholine rings is 1. The quantitative estimate of drug-likeness (QED) is 0.705. The summed E-state index contributed by atoms with van der Waals surface area (Å²) < 4.78 is 5.71. The summed E-state index contributed by atoms with van der Waals surface area (Å²) in [6, 6.07) is 0.179. The van der Waals surface area contributed by atoms with Crippen LogP contribution in [0.3, 0.4) is 0 Å². The maximum Gasteiger partial charge on any atom is 0.0726 e. The first-order chi connectivity index (χ1) is 7.15. The van der Waals surface area contributed by atoms with Crippen molar-refractivity contribution in [2.24, 2.45) is 5.73 Å². The van der Waals surface area contributed by atoms with Crippen LogP contribution in [0, 0.1) is 0 Å². The Bertz CT molecular complexity index is 275. The lowest BCUT2D eigenvalue weighted by molar-refractivity contribution is -0.0568. The highest BCUT2D eigenvalue weighted by molar-refractivity contribution is 5.25. The number of nitrogens with two attached hydrogens (primary N) is 1. The van der Waals surface area contributed by atoms with Crippen molar-refractivity contribution in [3.8, 4) is 0 Å². The summed E-state index contributed by atoms with van der Waals surface area (Å²) in [5.41, 5.74) is 7.18. The Labute approximate surface area is 91.6 Å². The van der Waals surface area contributed by atoms with Gasteiger partial charge in [-0.05, 0) is 32.4 Å². The summed E-state index contributed by atoms with van der Waals surface area (Å²) in [5.74, 6) is 0. The number of allylic oxidation sites excluding steroid dienone is 1. The first kappa shape index (κ1) is 10.7. The van der Waals surface area contributed by atoms with Gasteiger partial charge in [-0.2, -0.15) is 0 Å². The molecule has 2 aliphatic rings. The third kappa shape index (κ3) is 2.61. The first-order valence-corrected chi connectivity index (χ1v) is 5.69. The van der Waals surface area contributed by atoms with Gasteiger partial charge in [0.25, 0.3) is 0 Å². The number of hydrogen-bond acceptors (Lipinski definition) is 3. The fourth-order valence-corrected chi connectivity index (χ4v) is 2.29. The van der Waals surface area contributed by atoms with E-state index in [1.54, 1.807) is 0 Å². The van der Waals surface area contributed by atoms with Crippen molar-refractivity contribution in [3.63, 3.8) is 0 Å². The molecule has 0 amide bonds. The lowest BCUT2D eigenvalue weighted by atomic mass is 10.1. The van der Waals surface area contributed by atoms with Gasteiger partial charge < -0.3 is 15.4 Å². The van der Waals surface area contributed by atoms with Crippen molar-refractivity contribution in [1.29, 1.82) is 0 Å². The monoisotopic (exact) mass is 208 g/mol. The molecule has 3 nitrogen and oxygen atoms in total. The number of ether oxygens (including phenoxy) is 1. The predicted molar refractivity (Wildman–Crippen MR) is 61.4 cm³/mol. The van der Waals surface area contributed by atoms with Crippen LogP contribution in [0.2, 0.25) is 0 Å². The minimum atomic E-state index is 0.179. The normalized spacial score (nSPS) is 36.6. The summed E-state index contributed by atoms with van der Waals surface area (Å²) in [6.45, 7) is 6.17. The van der Waals surface area contributed by atoms with E-state index in [4.69, 9.17) is 10.5 Å². The Kier molecular flexibility index (Phi) is 3.12. The first-order valence-electron chi connectivity index (χ1n) is 5.69. The maximum absolute atomic E-state index is 5.92. The molecule has 3 unspecified atom stereocenters. The van der Waals surface area contributed by atoms with Gasteiger partial charge in [0, 0.05) is 24.8 Å². The molecule has 84 valence electrons. The van der Waals surface area contributed by atoms with E-state index in [9.17, 15) is 0 Å². The van der Waals surface area contributed by atoms with Crippen molar-refractivity contribution < 1.29 is 4.74 Å². The van der Waals surface area contributed by atoms with E-state index >= 15 is 0 Å². The zero-order chi connectivity index (χ0) is 10.8. The summed E-state index contributed by atoms with van der Waals surface area (Å²) in [4.78, 5) is 2.37. The van der Waals surface area contributed by atoms with Gasteiger partial charge in [0.05, 0.1) is 12.2 Å². The Morgan fingerprint density at radius 3 is 2.60 bits per heavy atom. The van der Waals surface area contributed by atoms with Crippen molar-refractivity contribution in [3.05, 3.63) is 23.9 Å². The summed E-state index contributed by atoms with van der Waals surface area (Å²) in [5, 5.41) is 0. The van der Waals surface area contributed by atoms with Crippen molar-refractivity contribution in [2.75, 3.05) is 13.1 Å². The van der Waals surface area contributed by atoms with Crippen LogP contribution in [-0.2, 0) is 4.74 Å². The SMILES string of the molecule is CC1CN(C2=CC(N)CC=C2)CC(C)O1. The van der Waals surface area contributed by atoms with E-state index in [0.29, 0.717) is 12.2 Å². The molecule has 15 heavy (non-hydrogen) atoms. The van der Waals surface area contributed by atoms with Gasteiger partial charge in [-0.25, -0.2) is 0 Å². The van der Waals surface area contributed by atoms with Crippen LogP contribution in [0.1, 0.15) is 20.3 Å². The molecule has 1 aliphatic heterocycles. The van der Waals surface area contributed by atoms with Crippen molar-refractivity contribution in [1.82, 2.24) is 4.90 Å². The van der Waals surface area contributed by atoms with E-state index in [1.807, 2.05) is 0 Å². The average Bonchev–Trinajstić information content (AvgIpc) is 2.16. The number of rotatable bonds is 1. The molecule has 0 saturated carbocycles. The Morgan fingerprint density at radius 1 is 1.33 bits per heavy atom. The highest BCUT2D eigenvalue weighted by Gasteiger charge is 2.23. The van der Waals surface area contributed by atoms with Gasteiger partial charge >= 0.3 is 0 Å². The zero-order valence-electron chi connectivity index (χ0n) is 9.52. The van der Waals surface area contributed by atoms with Crippen LogP contribution < -0.4 is 5.73 Å². The minimum Gasteiger partial charge on any atom is -0.372 e. The van der Waals surface area contributed by atoms with E-state index < -0.39 is 0 Å². The highest BCUT2D eigenvalue weighted by Crippen LogP contribution is 2.19. The minimum absolute atomic E-state index is 0.179. The molecule has 3 heteroatoms. The van der Waals surface area contributed by atoms with Gasteiger partial charge in [-0.1, -0.05) is 6.08 Å². The van der Waals surface area contributed by atoms with Gasteiger partial charge in [-0.3, -0.25) is 0 Å².